The Kier molecular flexibility index (Phi) is 4.72. The zero-order chi connectivity index (χ0) is 22.4. The maximum Gasteiger partial charge on any atom is 0.186 e. The van der Waals surface area contributed by atoms with E-state index in [-0.39, 0.29) is 0 Å². The monoisotopic (exact) mass is 434 g/mol. The van der Waals surface area contributed by atoms with Crippen LogP contribution in [-0.4, -0.2) is 46.0 Å². The van der Waals surface area contributed by atoms with Crippen molar-refractivity contribution in [2.24, 2.45) is 0 Å². The zero-order valence-electron chi connectivity index (χ0n) is 18.9. The summed E-state index contributed by atoms with van der Waals surface area (Å²) in [5, 5.41) is 10.1. The number of para-hydroxylation sites is 1. The van der Waals surface area contributed by atoms with E-state index in [4.69, 9.17) is 4.98 Å². The molecule has 0 amide bonds. The van der Waals surface area contributed by atoms with E-state index in [0.717, 1.165) is 59.8 Å². The highest BCUT2D eigenvalue weighted by atomic mass is 15.4. The number of hydrogen-bond donors (Lipinski definition) is 0. The smallest absolute Gasteiger partial charge is 0.186 e. The molecule has 1 aliphatic rings. The molecule has 5 aromatic rings. The van der Waals surface area contributed by atoms with Gasteiger partial charge in [0.1, 0.15) is 11.5 Å². The molecule has 0 atom stereocenters. The summed E-state index contributed by atoms with van der Waals surface area (Å²) in [4.78, 5) is 10.0. The van der Waals surface area contributed by atoms with Gasteiger partial charge in [-0.1, -0.05) is 65.4 Å². The Balaban J connectivity index is 1.39. The van der Waals surface area contributed by atoms with Crippen LogP contribution in [0.25, 0.3) is 27.8 Å². The predicted molar refractivity (Wildman–Crippen MR) is 134 cm³/mol. The van der Waals surface area contributed by atoms with Crippen molar-refractivity contribution in [1.82, 2.24) is 19.8 Å². The van der Waals surface area contributed by atoms with Crippen LogP contribution in [0.2, 0.25) is 0 Å². The molecule has 2 aromatic heterocycles. The molecule has 0 saturated carbocycles. The Bertz CT molecular complexity index is 1450. The molecule has 6 heteroatoms. The second-order valence-corrected chi connectivity index (χ2v) is 8.76. The molecule has 0 radical (unpaired) electrons. The summed E-state index contributed by atoms with van der Waals surface area (Å²) in [7, 11) is 0. The van der Waals surface area contributed by atoms with Crippen molar-refractivity contribution in [3.8, 4) is 11.3 Å². The van der Waals surface area contributed by atoms with Crippen molar-refractivity contribution < 1.29 is 0 Å². The summed E-state index contributed by atoms with van der Waals surface area (Å²) in [6.45, 7) is 8.12. The first-order valence-electron chi connectivity index (χ1n) is 11.5. The fourth-order valence-electron chi connectivity index (χ4n) is 4.89. The summed E-state index contributed by atoms with van der Waals surface area (Å²) in [5.74, 6) is 1.01. The van der Waals surface area contributed by atoms with Crippen molar-refractivity contribution in [1.29, 1.82) is 0 Å². The average molecular weight is 435 g/mol. The molecule has 1 saturated heterocycles. The van der Waals surface area contributed by atoms with E-state index in [1.54, 1.807) is 0 Å². The van der Waals surface area contributed by atoms with Gasteiger partial charge in [-0.05, 0) is 37.6 Å². The van der Waals surface area contributed by atoms with Gasteiger partial charge in [0.25, 0.3) is 0 Å². The summed E-state index contributed by atoms with van der Waals surface area (Å²) in [6.07, 6.45) is 0. The van der Waals surface area contributed by atoms with Gasteiger partial charge in [0.05, 0.1) is 5.52 Å². The highest BCUT2D eigenvalue weighted by Crippen LogP contribution is 2.31. The summed E-state index contributed by atoms with van der Waals surface area (Å²) < 4.78 is 1.87. The Morgan fingerprint density at radius 2 is 1.48 bits per heavy atom. The van der Waals surface area contributed by atoms with Gasteiger partial charge in [-0.3, -0.25) is 0 Å². The number of rotatable bonds is 3. The SMILES string of the molecule is Cc1ccc(N2CCN(c3nc4c(-c5ccccc5)nnn4c4ccccc34)CC2)c(C)c1. The molecule has 0 bridgehead atoms. The number of aromatic nitrogens is 4. The third-order valence-electron chi connectivity index (χ3n) is 6.55. The third-order valence-corrected chi connectivity index (χ3v) is 6.55. The van der Waals surface area contributed by atoms with Crippen LogP contribution in [0, 0.1) is 13.8 Å². The maximum absolute atomic E-state index is 5.14. The van der Waals surface area contributed by atoms with Gasteiger partial charge in [0.2, 0.25) is 0 Å². The number of benzene rings is 3. The molecule has 6 nitrogen and oxygen atoms in total. The molecule has 33 heavy (non-hydrogen) atoms. The van der Waals surface area contributed by atoms with Gasteiger partial charge in [0.15, 0.2) is 5.65 Å². The van der Waals surface area contributed by atoms with Crippen LogP contribution >= 0.6 is 0 Å². The Morgan fingerprint density at radius 1 is 0.758 bits per heavy atom. The van der Waals surface area contributed by atoms with Gasteiger partial charge in [0, 0.05) is 42.8 Å². The van der Waals surface area contributed by atoms with Crippen molar-refractivity contribution >= 4 is 28.1 Å². The van der Waals surface area contributed by atoms with Gasteiger partial charge < -0.3 is 9.80 Å². The van der Waals surface area contributed by atoms with E-state index in [1.165, 1.54) is 16.8 Å². The topological polar surface area (TPSA) is 49.6 Å². The first kappa shape index (κ1) is 19.7. The number of anilines is 2. The van der Waals surface area contributed by atoms with E-state index in [1.807, 2.05) is 28.8 Å². The molecule has 0 N–H and O–H groups in total. The molecule has 1 aliphatic heterocycles. The van der Waals surface area contributed by atoms with Crippen molar-refractivity contribution in [2.45, 2.75) is 13.8 Å². The van der Waals surface area contributed by atoms with Crippen LogP contribution in [0.1, 0.15) is 11.1 Å². The summed E-state index contributed by atoms with van der Waals surface area (Å²) in [5.41, 5.74) is 7.65. The molecule has 3 aromatic carbocycles. The van der Waals surface area contributed by atoms with Crippen LogP contribution < -0.4 is 9.80 Å². The number of aryl methyl sites for hydroxylation is 2. The fourth-order valence-corrected chi connectivity index (χ4v) is 4.89. The van der Waals surface area contributed by atoms with E-state index in [0.29, 0.717) is 0 Å². The lowest BCUT2D eigenvalue weighted by Crippen LogP contribution is -2.47. The van der Waals surface area contributed by atoms with E-state index < -0.39 is 0 Å². The number of piperazine rings is 1. The Hall–Kier alpha value is -3.93. The average Bonchev–Trinajstić information content (AvgIpc) is 3.29. The van der Waals surface area contributed by atoms with Crippen LogP contribution in [0.15, 0.2) is 72.8 Å². The lowest BCUT2D eigenvalue weighted by molar-refractivity contribution is 0.648. The van der Waals surface area contributed by atoms with Gasteiger partial charge in [-0.2, -0.15) is 4.52 Å². The fraction of sp³-hybridized carbons (Fsp3) is 0.222. The second-order valence-electron chi connectivity index (χ2n) is 8.76. The summed E-state index contributed by atoms with van der Waals surface area (Å²) in [6, 6.07) is 25.3. The molecule has 1 fully saturated rings. The highest BCUT2D eigenvalue weighted by molar-refractivity contribution is 5.93. The van der Waals surface area contributed by atoms with Crippen molar-refractivity contribution in [3.05, 3.63) is 83.9 Å². The molecule has 3 heterocycles. The van der Waals surface area contributed by atoms with Crippen LogP contribution in [0.3, 0.4) is 0 Å². The Morgan fingerprint density at radius 3 is 2.27 bits per heavy atom. The lowest BCUT2D eigenvalue weighted by Gasteiger charge is -2.37. The summed E-state index contributed by atoms with van der Waals surface area (Å²) >= 11 is 0. The Labute approximate surface area is 193 Å². The number of fused-ring (bicyclic) bond motifs is 3. The minimum atomic E-state index is 0.798. The van der Waals surface area contributed by atoms with Gasteiger partial charge >= 0.3 is 0 Å². The molecule has 164 valence electrons. The quantitative estimate of drug-likeness (QED) is 0.405. The predicted octanol–water partition coefficient (Wildman–Crippen LogP) is 4.89. The van der Waals surface area contributed by atoms with Crippen LogP contribution in [0.4, 0.5) is 11.5 Å². The highest BCUT2D eigenvalue weighted by Gasteiger charge is 2.23. The first-order valence-corrected chi connectivity index (χ1v) is 11.5. The molecular formula is C27H26N6. The van der Waals surface area contributed by atoms with Crippen molar-refractivity contribution in [3.63, 3.8) is 0 Å². The molecular weight excluding hydrogens is 408 g/mol. The third kappa shape index (κ3) is 3.39. The maximum atomic E-state index is 5.14. The van der Waals surface area contributed by atoms with Crippen molar-refractivity contribution in [2.75, 3.05) is 36.0 Å². The van der Waals surface area contributed by atoms with Crippen LogP contribution in [-0.2, 0) is 0 Å². The molecule has 0 unspecified atom stereocenters. The molecule has 0 spiro atoms. The minimum absolute atomic E-state index is 0.798. The normalized spacial score (nSPS) is 14.4. The van der Waals surface area contributed by atoms with Gasteiger partial charge in [-0.25, -0.2) is 4.98 Å². The van der Waals surface area contributed by atoms with Gasteiger partial charge in [-0.15, -0.1) is 5.10 Å². The minimum Gasteiger partial charge on any atom is -0.368 e. The largest absolute Gasteiger partial charge is 0.368 e. The number of nitrogens with zero attached hydrogens (tertiary/aromatic N) is 6. The molecule has 6 rings (SSSR count). The zero-order valence-corrected chi connectivity index (χ0v) is 18.9. The standard InChI is InChI=1S/C27H26N6/c1-19-12-13-23(20(2)18-19)31-14-16-32(17-15-31)26-22-10-6-7-11-24(22)33-27(28-26)25(29-30-33)21-8-4-3-5-9-21/h3-13,18H,14-17H2,1-2H3. The molecule has 0 aliphatic carbocycles. The lowest BCUT2D eigenvalue weighted by atomic mass is 10.1. The van der Waals surface area contributed by atoms with E-state index in [9.17, 15) is 0 Å². The van der Waals surface area contributed by atoms with E-state index in [2.05, 4.69) is 82.5 Å². The van der Waals surface area contributed by atoms with Crippen LogP contribution in [0.5, 0.6) is 0 Å². The second kappa shape index (κ2) is 7.89. The number of hydrogen-bond acceptors (Lipinski definition) is 5. The first-order chi connectivity index (χ1) is 16.2. The van der Waals surface area contributed by atoms with E-state index >= 15 is 0 Å².